The summed E-state index contributed by atoms with van der Waals surface area (Å²) in [5, 5.41) is 12.3. The molecule has 0 spiro atoms. The molecule has 0 radical (unpaired) electrons. The SMILES string of the molecule is CC1CC(N2CC(NC(=O)C(C)C)CC(C(=O)O)C2)C1. The van der Waals surface area contributed by atoms with Gasteiger partial charge in [-0.1, -0.05) is 20.8 Å². The third-order valence-corrected chi connectivity index (χ3v) is 4.56. The molecule has 0 bridgehead atoms. The van der Waals surface area contributed by atoms with E-state index in [2.05, 4.69) is 17.1 Å². The minimum atomic E-state index is -0.745. The van der Waals surface area contributed by atoms with Crippen LogP contribution >= 0.6 is 0 Å². The zero-order valence-electron chi connectivity index (χ0n) is 12.6. The minimum Gasteiger partial charge on any atom is -0.481 e. The summed E-state index contributed by atoms with van der Waals surface area (Å²) >= 11 is 0. The molecule has 2 aliphatic rings. The van der Waals surface area contributed by atoms with E-state index in [1.165, 1.54) is 0 Å². The third-order valence-electron chi connectivity index (χ3n) is 4.56. The van der Waals surface area contributed by atoms with Crippen molar-refractivity contribution < 1.29 is 14.7 Å². The molecule has 0 aromatic rings. The Morgan fingerprint density at radius 1 is 1.20 bits per heavy atom. The highest BCUT2D eigenvalue weighted by Gasteiger charge is 2.39. The predicted octanol–water partition coefficient (Wildman–Crippen LogP) is 1.33. The highest BCUT2D eigenvalue weighted by atomic mass is 16.4. The number of carbonyl (C=O) groups is 2. The number of aliphatic carboxylic acids is 1. The number of carboxylic acid groups (broad SMARTS) is 1. The zero-order chi connectivity index (χ0) is 14.9. The summed E-state index contributed by atoms with van der Waals surface area (Å²) in [6.07, 6.45) is 2.85. The van der Waals surface area contributed by atoms with Crippen molar-refractivity contribution in [2.24, 2.45) is 17.8 Å². The van der Waals surface area contributed by atoms with Crippen LogP contribution in [0.5, 0.6) is 0 Å². The zero-order valence-corrected chi connectivity index (χ0v) is 12.6. The number of carboxylic acids is 1. The summed E-state index contributed by atoms with van der Waals surface area (Å²) in [4.78, 5) is 25.4. The number of hydrogen-bond donors (Lipinski definition) is 2. The van der Waals surface area contributed by atoms with Crippen LogP contribution in [-0.4, -0.2) is 47.1 Å². The van der Waals surface area contributed by atoms with Crippen LogP contribution in [0.2, 0.25) is 0 Å². The van der Waals surface area contributed by atoms with Gasteiger partial charge in [0.25, 0.3) is 0 Å². The van der Waals surface area contributed by atoms with Gasteiger partial charge in [0.05, 0.1) is 5.92 Å². The summed E-state index contributed by atoms with van der Waals surface area (Å²) in [5.74, 6) is -0.405. The molecule has 2 unspecified atom stereocenters. The average molecular weight is 282 g/mol. The second kappa shape index (κ2) is 6.12. The van der Waals surface area contributed by atoms with Crippen LogP contribution in [0.15, 0.2) is 0 Å². The van der Waals surface area contributed by atoms with Gasteiger partial charge in [-0.3, -0.25) is 14.5 Å². The molecule has 5 heteroatoms. The maximum Gasteiger partial charge on any atom is 0.307 e. The molecule has 1 heterocycles. The Hall–Kier alpha value is -1.10. The van der Waals surface area contributed by atoms with Crippen molar-refractivity contribution in [1.82, 2.24) is 10.2 Å². The largest absolute Gasteiger partial charge is 0.481 e. The lowest BCUT2D eigenvalue weighted by Crippen LogP contribution is -2.57. The second-order valence-corrected chi connectivity index (χ2v) is 6.82. The van der Waals surface area contributed by atoms with Crippen LogP contribution < -0.4 is 5.32 Å². The van der Waals surface area contributed by atoms with E-state index in [9.17, 15) is 14.7 Å². The molecule has 5 nitrogen and oxygen atoms in total. The van der Waals surface area contributed by atoms with E-state index in [0.29, 0.717) is 19.0 Å². The quantitative estimate of drug-likeness (QED) is 0.816. The average Bonchev–Trinajstić information content (AvgIpc) is 2.34. The molecule has 1 aliphatic carbocycles. The Balaban J connectivity index is 1.97. The number of likely N-dealkylation sites (tertiary alicyclic amines) is 1. The fourth-order valence-corrected chi connectivity index (χ4v) is 3.24. The van der Waals surface area contributed by atoms with Gasteiger partial charge in [-0.25, -0.2) is 0 Å². The van der Waals surface area contributed by atoms with Gasteiger partial charge in [0.15, 0.2) is 0 Å². The van der Waals surface area contributed by atoms with Crippen LogP contribution in [0, 0.1) is 17.8 Å². The molecule has 1 amide bonds. The Labute approximate surface area is 120 Å². The van der Waals surface area contributed by atoms with Crippen molar-refractivity contribution in [2.75, 3.05) is 13.1 Å². The summed E-state index contributed by atoms with van der Waals surface area (Å²) in [7, 11) is 0. The third kappa shape index (κ3) is 3.51. The molecule has 2 atom stereocenters. The van der Waals surface area contributed by atoms with Crippen molar-refractivity contribution in [3.05, 3.63) is 0 Å². The van der Waals surface area contributed by atoms with Crippen molar-refractivity contribution in [2.45, 2.75) is 52.1 Å². The molecule has 20 heavy (non-hydrogen) atoms. The van der Waals surface area contributed by atoms with E-state index in [4.69, 9.17) is 0 Å². The van der Waals surface area contributed by atoms with Crippen molar-refractivity contribution in [3.8, 4) is 0 Å². The van der Waals surface area contributed by atoms with Gasteiger partial charge in [0, 0.05) is 31.1 Å². The van der Waals surface area contributed by atoms with Gasteiger partial charge >= 0.3 is 5.97 Å². The maximum absolute atomic E-state index is 11.8. The molecule has 2 fully saturated rings. The fraction of sp³-hybridized carbons (Fsp3) is 0.867. The first kappa shape index (κ1) is 15.3. The Kier molecular flexibility index (Phi) is 4.68. The van der Waals surface area contributed by atoms with Gasteiger partial charge < -0.3 is 10.4 Å². The number of hydrogen-bond acceptors (Lipinski definition) is 3. The van der Waals surface area contributed by atoms with Gasteiger partial charge in [-0.05, 0) is 25.2 Å². The summed E-state index contributed by atoms with van der Waals surface area (Å²) in [5.41, 5.74) is 0. The summed E-state index contributed by atoms with van der Waals surface area (Å²) in [6.45, 7) is 7.37. The van der Waals surface area contributed by atoms with Gasteiger partial charge in [0.1, 0.15) is 0 Å². The van der Waals surface area contributed by atoms with E-state index in [0.717, 1.165) is 25.3 Å². The lowest BCUT2D eigenvalue weighted by atomic mass is 9.79. The number of carbonyl (C=O) groups excluding carboxylic acids is 1. The maximum atomic E-state index is 11.8. The molecule has 1 saturated carbocycles. The number of nitrogens with one attached hydrogen (secondary N) is 1. The van der Waals surface area contributed by atoms with Gasteiger partial charge in [0.2, 0.25) is 5.91 Å². The van der Waals surface area contributed by atoms with Crippen LogP contribution in [0.4, 0.5) is 0 Å². The minimum absolute atomic E-state index is 0.0166. The van der Waals surface area contributed by atoms with E-state index in [1.807, 2.05) is 13.8 Å². The lowest BCUT2D eigenvalue weighted by molar-refractivity contribution is -0.145. The van der Waals surface area contributed by atoms with E-state index < -0.39 is 5.97 Å². The Morgan fingerprint density at radius 2 is 1.85 bits per heavy atom. The van der Waals surface area contributed by atoms with Crippen molar-refractivity contribution >= 4 is 11.9 Å². The molecule has 1 aliphatic heterocycles. The van der Waals surface area contributed by atoms with Gasteiger partial charge in [-0.15, -0.1) is 0 Å². The molecule has 2 N–H and O–H groups in total. The van der Waals surface area contributed by atoms with Crippen LogP contribution in [0.25, 0.3) is 0 Å². The highest BCUT2D eigenvalue weighted by Crippen LogP contribution is 2.33. The standard InChI is InChI=1S/C15H26N2O3/c1-9(2)14(18)16-12-6-11(15(19)20)7-17(8-12)13-4-10(3)5-13/h9-13H,4-8H2,1-3H3,(H,16,18)(H,19,20). The first-order chi connectivity index (χ1) is 9.36. The number of rotatable bonds is 4. The Bertz CT molecular complexity index is 377. The van der Waals surface area contributed by atoms with Crippen LogP contribution in [0.3, 0.4) is 0 Å². The van der Waals surface area contributed by atoms with Crippen molar-refractivity contribution in [3.63, 3.8) is 0 Å². The van der Waals surface area contributed by atoms with E-state index in [1.54, 1.807) is 0 Å². The van der Waals surface area contributed by atoms with E-state index in [-0.39, 0.29) is 23.8 Å². The molecule has 0 aromatic heterocycles. The fourth-order valence-electron chi connectivity index (χ4n) is 3.24. The molecule has 114 valence electrons. The molecular weight excluding hydrogens is 256 g/mol. The normalized spacial score (nSPS) is 34.6. The molecule has 1 saturated heterocycles. The molecule has 2 rings (SSSR count). The first-order valence-electron chi connectivity index (χ1n) is 7.64. The highest BCUT2D eigenvalue weighted by molar-refractivity contribution is 5.78. The van der Waals surface area contributed by atoms with Gasteiger partial charge in [-0.2, -0.15) is 0 Å². The van der Waals surface area contributed by atoms with Crippen LogP contribution in [0.1, 0.15) is 40.0 Å². The number of amides is 1. The lowest BCUT2D eigenvalue weighted by Gasteiger charge is -2.46. The first-order valence-corrected chi connectivity index (χ1v) is 7.64. The topological polar surface area (TPSA) is 69.6 Å². The predicted molar refractivity (Wildman–Crippen MR) is 76.3 cm³/mol. The number of piperidine rings is 1. The molecule has 0 aromatic carbocycles. The second-order valence-electron chi connectivity index (χ2n) is 6.82. The van der Waals surface area contributed by atoms with Crippen molar-refractivity contribution in [1.29, 1.82) is 0 Å². The molecular formula is C15H26N2O3. The summed E-state index contributed by atoms with van der Waals surface area (Å²) in [6, 6.07) is 0.473. The van der Waals surface area contributed by atoms with Crippen LogP contribution in [-0.2, 0) is 9.59 Å². The van der Waals surface area contributed by atoms with E-state index >= 15 is 0 Å². The Morgan fingerprint density at radius 3 is 2.35 bits per heavy atom. The summed E-state index contributed by atoms with van der Waals surface area (Å²) < 4.78 is 0. The smallest absolute Gasteiger partial charge is 0.307 e. The monoisotopic (exact) mass is 282 g/mol. The number of nitrogens with zero attached hydrogens (tertiary/aromatic N) is 1.